The van der Waals surface area contributed by atoms with E-state index in [1.54, 1.807) is 11.8 Å². The van der Waals surface area contributed by atoms with E-state index in [1.165, 1.54) is 6.20 Å². The fraction of sp³-hybridized carbons (Fsp3) is 0.571. The van der Waals surface area contributed by atoms with Crippen molar-refractivity contribution in [2.24, 2.45) is 0 Å². The average Bonchev–Trinajstić information content (AvgIpc) is 2.53. The van der Waals surface area contributed by atoms with Gasteiger partial charge in [-0.15, -0.1) is 0 Å². The Morgan fingerprint density at radius 3 is 3.07 bits per heavy atom. The molecule has 1 aromatic rings. The van der Waals surface area contributed by atoms with Gasteiger partial charge in [0, 0.05) is 11.8 Å². The van der Waals surface area contributed by atoms with Gasteiger partial charge < -0.3 is 5.32 Å². The highest BCUT2D eigenvalue weighted by atomic mass is 32.2. The molecule has 0 radical (unpaired) electrons. The number of aromatic nitrogens is 1. The SMILES string of the molecule is CSCC(C)Nc1ncc([N+](=O)[O-])s1. The van der Waals surface area contributed by atoms with Crippen LogP contribution >= 0.6 is 23.1 Å². The normalized spacial score (nSPS) is 12.4. The van der Waals surface area contributed by atoms with Gasteiger partial charge >= 0.3 is 5.00 Å². The number of nitrogens with one attached hydrogen (secondary N) is 1. The van der Waals surface area contributed by atoms with Crippen molar-refractivity contribution in [3.8, 4) is 0 Å². The summed E-state index contributed by atoms with van der Waals surface area (Å²) in [7, 11) is 0. The molecule has 1 rings (SSSR count). The van der Waals surface area contributed by atoms with E-state index in [9.17, 15) is 10.1 Å². The van der Waals surface area contributed by atoms with Crippen molar-refractivity contribution >= 4 is 33.2 Å². The lowest BCUT2D eigenvalue weighted by atomic mass is 10.4. The molecular weight excluding hydrogens is 222 g/mol. The maximum absolute atomic E-state index is 10.4. The van der Waals surface area contributed by atoms with E-state index in [2.05, 4.69) is 10.3 Å². The Morgan fingerprint density at radius 1 is 1.86 bits per heavy atom. The molecule has 0 aliphatic heterocycles. The van der Waals surface area contributed by atoms with Crippen LogP contribution in [-0.4, -0.2) is 28.0 Å². The number of anilines is 1. The van der Waals surface area contributed by atoms with Gasteiger partial charge in [0.15, 0.2) is 5.13 Å². The van der Waals surface area contributed by atoms with Crippen molar-refractivity contribution in [2.45, 2.75) is 13.0 Å². The predicted octanol–water partition coefficient (Wildman–Crippen LogP) is 2.21. The number of thioether (sulfide) groups is 1. The molecule has 0 bridgehead atoms. The third-order valence-electron chi connectivity index (χ3n) is 1.46. The van der Waals surface area contributed by atoms with Gasteiger partial charge in [-0.25, -0.2) is 4.98 Å². The minimum atomic E-state index is -0.428. The molecule has 0 aliphatic carbocycles. The zero-order valence-corrected chi connectivity index (χ0v) is 9.52. The summed E-state index contributed by atoms with van der Waals surface area (Å²) in [4.78, 5) is 13.9. The third-order valence-corrected chi connectivity index (χ3v) is 3.17. The zero-order chi connectivity index (χ0) is 10.6. The van der Waals surface area contributed by atoms with Crippen molar-refractivity contribution in [2.75, 3.05) is 17.3 Å². The lowest BCUT2D eigenvalue weighted by Crippen LogP contribution is -2.17. The van der Waals surface area contributed by atoms with Crippen LogP contribution in [0, 0.1) is 10.1 Å². The maximum atomic E-state index is 10.4. The van der Waals surface area contributed by atoms with Crippen LogP contribution in [0.3, 0.4) is 0 Å². The van der Waals surface area contributed by atoms with E-state index in [1.807, 2.05) is 13.2 Å². The quantitative estimate of drug-likeness (QED) is 0.624. The summed E-state index contributed by atoms with van der Waals surface area (Å²) in [5.74, 6) is 0.952. The predicted molar refractivity (Wildman–Crippen MR) is 60.2 cm³/mol. The first-order chi connectivity index (χ1) is 6.63. The molecular formula is C7H11N3O2S2. The van der Waals surface area contributed by atoms with Gasteiger partial charge in [0.05, 0.1) is 4.92 Å². The Morgan fingerprint density at radius 2 is 2.57 bits per heavy atom. The van der Waals surface area contributed by atoms with Crippen LogP contribution in [0.15, 0.2) is 6.20 Å². The molecule has 14 heavy (non-hydrogen) atoms. The molecule has 1 unspecified atom stereocenters. The van der Waals surface area contributed by atoms with Crippen LogP contribution in [0.1, 0.15) is 6.92 Å². The molecule has 0 fully saturated rings. The monoisotopic (exact) mass is 233 g/mol. The summed E-state index contributed by atoms with van der Waals surface area (Å²) in [6.07, 6.45) is 3.29. The Hall–Kier alpha value is -0.820. The Balaban J connectivity index is 2.55. The van der Waals surface area contributed by atoms with Gasteiger partial charge in [-0.2, -0.15) is 11.8 Å². The molecule has 1 N–H and O–H groups in total. The van der Waals surface area contributed by atoms with Crippen molar-refractivity contribution in [1.29, 1.82) is 0 Å². The molecule has 78 valence electrons. The summed E-state index contributed by atoms with van der Waals surface area (Å²) in [5, 5.41) is 14.2. The van der Waals surface area contributed by atoms with Gasteiger partial charge in [0.2, 0.25) is 0 Å². The topological polar surface area (TPSA) is 68.1 Å². The van der Waals surface area contributed by atoms with E-state index in [0.717, 1.165) is 17.1 Å². The van der Waals surface area contributed by atoms with E-state index in [-0.39, 0.29) is 11.0 Å². The van der Waals surface area contributed by atoms with Gasteiger partial charge in [0.25, 0.3) is 0 Å². The molecule has 0 saturated carbocycles. The lowest BCUT2D eigenvalue weighted by molar-refractivity contribution is -0.380. The molecule has 7 heteroatoms. The van der Waals surface area contributed by atoms with Crippen LogP contribution in [0.4, 0.5) is 10.1 Å². The van der Waals surface area contributed by atoms with E-state index in [4.69, 9.17) is 0 Å². The molecule has 0 aliphatic rings. The van der Waals surface area contributed by atoms with Gasteiger partial charge in [-0.1, -0.05) is 0 Å². The van der Waals surface area contributed by atoms with Gasteiger partial charge in [-0.05, 0) is 24.5 Å². The summed E-state index contributed by atoms with van der Waals surface area (Å²) in [5.41, 5.74) is 0. The van der Waals surface area contributed by atoms with Crippen LogP contribution in [-0.2, 0) is 0 Å². The largest absolute Gasteiger partial charge is 0.358 e. The number of hydrogen-bond donors (Lipinski definition) is 1. The van der Waals surface area contributed by atoms with Crippen molar-refractivity contribution < 1.29 is 4.92 Å². The number of rotatable bonds is 5. The second-order valence-electron chi connectivity index (χ2n) is 2.76. The average molecular weight is 233 g/mol. The minimum absolute atomic E-state index is 0.0730. The molecule has 0 saturated heterocycles. The Kier molecular flexibility index (Phi) is 4.15. The standard InChI is InChI=1S/C7H11N3O2S2/c1-5(4-13-2)9-7-8-3-6(14-7)10(11)12/h3,5H,4H2,1-2H3,(H,8,9). The fourth-order valence-corrected chi connectivity index (χ4v) is 2.25. The van der Waals surface area contributed by atoms with Crippen LogP contribution in [0.2, 0.25) is 0 Å². The summed E-state index contributed by atoms with van der Waals surface area (Å²) in [6, 6.07) is 0.274. The lowest BCUT2D eigenvalue weighted by Gasteiger charge is -2.09. The maximum Gasteiger partial charge on any atom is 0.345 e. The highest BCUT2D eigenvalue weighted by Gasteiger charge is 2.12. The molecule has 1 heterocycles. The first-order valence-electron chi connectivity index (χ1n) is 3.99. The van der Waals surface area contributed by atoms with E-state index in [0.29, 0.717) is 5.13 Å². The highest BCUT2D eigenvalue weighted by Crippen LogP contribution is 2.25. The van der Waals surface area contributed by atoms with Crippen molar-refractivity contribution in [3.63, 3.8) is 0 Å². The Bertz CT molecular complexity index is 316. The molecule has 5 nitrogen and oxygen atoms in total. The van der Waals surface area contributed by atoms with Crippen LogP contribution in [0.5, 0.6) is 0 Å². The summed E-state index contributed by atoms with van der Waals surface area (Å²) >= 11 is 2.79. The van der Waals surface area contributed by atoms with Crippen LogP contribution < -0.4 is 5.32 Å². The van der Waals surface area contributed by atoms with Crippen molar-refractivity contribution in [3.05, 3.63) is 16.3 Å². The van der Waals surface area contributed by atoms with Gasteiger partial charge in [0.1, 0.15) is 6.20 Å². The number of hydrogen-bond acceptors (Lipinski definition) is 6. The van der Waals surface area contributed by atoms with E-state index >= 15 is 0 Å². The third kappa shape index (κ3) is 3.15. The molecule has 0 amide bonds. The summed E-state index contributed by atoms with van der Waals surface area (Å²) < 4.78 is 0. The van der Waals surface area contributed by atoms with Crippen molar-refractivity contribution in [1.82, 2.24) is 4.98 Å². The highest BCUT2D eigenvalue weighted by molar-refractivity contribution is 7.98. The number of nitrogens with zero attached hydrogens (tertiary/aromatic N) is 2. The molecule has 1 atom stereocenters. The number of thiazole rings is 1. The first-order valence-corrected chi connectivity index (χ1v) is 6.20. The molecule has 1 aromatic heterocycles. The number of nitro groups is 1. The minimum Gasteiger partial charge on any atom is -0.358 e. The zero-order valence-electron chi connectivity index (χ0n) is 7.89. The molecule has 0 aromatic carbocycles. The second kappa shape index (κ2) is 5.16. The second-order valence-corrected chi connectivity index (χ2v) is 4.68. The van der Waals surface area contributed by atoms with Crippen LogP contribution in [0.25, 0.3) is 0 Å². The first kappa shape index (κ1) is 11.3. The smallest absolute Gasteiger partial charge is 0.345 e. The van der Waals surface area contributed by atoms with E-state index < -0.39 is 4.92 Å². The summed E-state index contributed by atoms with van der Waals surface area (Å²) in [6.45, 7) is 2.02. The fourth-order valence-electron chi connectivity index (χ4n) is 0.919. The Labute approximate surface area is 90.1 Å². The van der Waals surface area contributed by atoms with Gasteiger partial charge in [-0.3, -0.25) is 10.1 Å². The molecule has 0 spiro atoms.